The molecule has 3 nitrogen and oxygen atoms in total. The lowest BCUT2D eigenvalue weighted by Crippen LogP contribution is -2.34. The van der Waals surface area contributed by atoms with Gasteiger partial charge in [0.1, 0.15) is 0 Å². The molecule has 0 saturated carbocycles. The van der Waals surface area contributed by atoms with Gasteiger partial charge in [0, 0.05) is 25.5 Å². The molecule has 72 valence electrons. The highest BCUT2D eigenvalue weighted by Gasteiger charge is 2.18. The Kier molecular flexibility index (Phi) is 2.31. The molecule has 0 radical (unpaired) electrons. The number of carbonyl (C=O) groups excluding carboxylic acids is 1. The summed E-state index contributed by atoms with van der Waals surface area (Å²) >= 11 is 0. The quantitative estimate of drug-likeness (QED) is 0.619. The zero-order valence-corrected chi connectivity index (χ0v) is 7.94. The van der Waals surface area contributed by atoms with Gasteiger partial charge in [0.25, 0.3) is 0 Å². The Morgan fingerprint density at radius 1 is 1.57 bits per heavy atom. The number of amides is 1. The Labute approximate surface area is 83.1 Å². The molecule has 2 rings (SSSR count). The van der Waals surface area contributed by atoms with Crippen LogP contribution in [0.1, 0.15) is 11.1 Å². The van der Waals surface area contributed by atoms with Crippen LogP contribution in [-0.4, -0.2) is 22.3 Å². The number of carbonyl (C=O) groups is 1. The van der Waals surface area contributed by atoms with E-state index in [9.17, 15) is 4.79 Å². The van der Waals surface area contributed by atoms with Crippen LogP contribution in [-0.2, 0) is 17.8 Å². The molecule has 0 unspecified atom stereocenters. The molecule has 2 heterocycles. The lowest BCUT2D eigenvalue weighted by molar-refractivity contribution is -0.126. The van der Waals surface area contributed by atoms with E-state index in [0.29, 0.717) is 6.54 Å². The van der Waals surface area contributed by atoms with E-state index in [1.807, 2.05) is 12.3 Å². The molecule has 1 amide bonds. The summed E-state index contributed by atoms with van der Waals surface area (Å²) in [5.74, 6) is 0.00691. The van der Waals surface area contributed by atoms with Crippen LogP contribution in [0.2, 0.25) is 0 Å². The van der Waals surface area contributed by atoms with Gasteiger partial charge in [0.2, 0.25) is 5.91 Å². The van der Waals surface area contributed by atoms with Crippen molar-refractivity contribution in [3.8, 4) is 0 Å². The van der Waals surface area contributed by atoms with Crippen molar-refractivity contribution < 1.29 is 4.79 Å². The molecule has 0 bridgehead atoms. The normalized spacial score (nSPS) is 14.7. The first-order valence-electron chi connectivity index (χ1n) is 4.64. The molecular weight excluding hydrogens is 176 g/mol. The van der Waals surface area contributed by atoms with Crippen molar-refractivity contribution in [1.82, 2.24) is 9.88 Å². The van der Waals surface area contributed by atoms with Crippen molar-refractivity contribution >= 4 is 5.91 Å². The minimum Gasteiger partial charge on any atom is -0.335 e. The maximum atomic E-state index is 11.4. The van der Waals surface area contributed by atoms with E-state index in [1.165, 1.54) is 17.2 Å². The molecule has 1 aromatic rings. The van der Waals surface area contributed by atoms with Crippen molar-refractivity contribution in [1.29, 1.82) is 0 Å². The SMILES string of the molecule is C=CC(=O)N1CCc2cnccc2C1. The Balaban J connectivity index is 2.21. The van der Waals surface area contributed by atoms with E-state index in [0.717, 1.165) is 13.0 Å². The van der Waals surface area contributed by atoms with Crippen molar-refractivity contribution in [3.63, 3.8) is 0 Å². The number of hydrogen-bond acceptors (Lipinski definition) is 2. The Morgan fingerprint density at radius 2 is 2.43 bits per heavy atom. The van der Waals surface area contributed by atoms with Crippen LogP contribution in [0.4, 0.5) is 0 Å². The highest BCUT2D eigenvalue weighted by molar-refractivity contribution is 5.87. The standard InChI is InChI=1S/C11H12N2O/c1-2-11(14)13-6-4-9-7-12-5-3-10(9)8-13/h2-3,5,7H,1,4,6,8H2. The molecule has 1 aliphatic rings. The highest BCUT2D eigenvalue weighted by atomic mass is 16.2. The molecule has 0 aliphatic carbocycles. The summed E-state index contributed by atoms with van der Waals surface area (Å²) in [5, 5.41) is 0. The molecule has 0 N–H and O–H groups in total. The second-order valence-electron chi connectivity index (χ2n) is 3.36. The smallest absolute Gasteiger partial charge is 0.246 e. The van der Waals surface area contributed by atoms with Crippen LogP contribution in [0.5, 0.6) is 0 Å². The number of rotatable bonds is 1. The molecule has 0 aromatic carbocycles. The van der Waals surface area contributed by atoms with Crippen molar-refractivity contribution in [2.75, 3.05) is 6.54 Å². The van der Waals surface area contributed by atoms with Crippen molar-refractivity contribution in [2.45, 2.75) is 13.0 Å². The van der Waals surface area contributed by atoms with E-state index in [2.05, 4.69) is 11.6 Å². The second-order valence-corrected chi connectivity index (χ2v) is 3.36. The highest BCUT2D eigenvalue weighted by Crippen LogP contribution is 2.17. The first-order valence-corrected chi connectivity index (χ1v) is 4.64. The number of aromatic nitrogens is 1. The van der Waals surface area contributed by atoms with Gasteiger partial charge in [-0.1, -0.05) is 6.58 Å². The molecule has 3 heteroatoms. The summed E-state index contributed by atoms with van der Waals surface area (Å²) in [4.78, 5) is 17.2. The van der Waals surface area contributed by atoms with E-state index in [-0.39, 0.29) is 5.91 Å². The molecule has 1 aliphatic heterocycles. The monoisotopic (exact) mass is 188 g/mol. The Morgan fingerprint density at radius 3 is 3.21 bits per heavy atom. The van der Waals surface area contributed by atoms with Crippen LogP contribution >= 0.6 is 0 Å². The van der Waals surface area contributed by atoms with Crippen LogP contribution in [0.3, 0.4) is 0 Å². The molecule has 0 spiro atoms. The fraction of sp³-hybridized carbons (Fsp3) is 0.273. The lowest BCUT2D eigenvalue weighted by Gasteiger charge is -2.27. The third kappa shape index (κ3) is 1.53. The van der Waals surface area contributed by atoms with Gasteiger partial charge in [-0.15, -0.1) is 0 Å². The van der Waals surface area contributed by atoms with Crippen molar-refractivity contribution in [2.24, 2.45) is 0 Å². The van der Waals surface area contributed by atoms with E-state index in [4.69, 9.17) is 0 Å². The predicted octanol–water partition coefficient (Wildman–Crippen LogP) is 1.15. The number of nitrogens with zero attached hydrogens (tertiary/aromatic N) is 2. The van der Waals surface area contributed by atoms with E-state index in [1.54, 1.807) is 11.1 Å². The van der Waals surface area contributed by atoms with Gasteiger partial charge in [-0.3, -0.25) is 9.78 Å². The van der Waals surface area contributed by atoms with Gasteiger partial charge in [-0.2, -0.15) is 0 Å². The molecule has 0 saturated heterocycles. The van der Waals surface area contributed by atoms with Crippen LogP contribution in [0.15, 0.2) is 31.1 Å². The maximum absolute atomic E-state index is 11.4. The minimum absolute atomic E-state index is 0.00691. The summed E-state index contributed by atoms with van der Waals surface area (Å²) in [6.45, 7) is 4.94. The minimum atomic E-state index is 0.00691. The summed E-state index contributed by atoms with van der Waals surface area (Å²) in [5.41, 5.74) is 2.45. The average molecular weight is 188 g/mol. The fourth-order valence-electron chi connectivity index (χ4n) is 1.69. The van der Waals surface area contributed by atoms with Gasteiger partial charge in [0.15, 0.2) is 0 Å². The lowest BCUT2D eigenvalue weighted by atomic mass is 10.0. The van der Waals surface area contributed by atoms with Crippen LogP contribution in [0.25, 0.3) is 0 Å². The van der Waals surface area contributed by atoms with Crippen LogP contribution in [0, 0.1) is 0 Å². The molecule has 1 aromatic heterocycles. The maximum Gasteiger partial charge on any atom is 0.246 e. The zero-order chi connectivity index (χ0) is 9.97. The summed E-state index contributed by atoms with van der Waals surface area (Å²) < 4.78 is 0. The Bertz CT molecular complexity index is 373. The van der Waals surface area contributed by atoms with Gasteiger partial charge in [-0.05, 0) is 29.7 Å². The predicted molar refractivity (Wildman–Crippen MR) is 53.6 cm³/mol. The van der Waals surface area contributed by atoms with Gasteiger partial charge >= 0.3 is 0 Å². The molecular formula is C11H12N2O. The van der Waals surface area contributed by atoms with E-state index < -0.39 is 0 Å². The number of pyridine rings is 1. The van der Waals surface area contributed by atoms with Crippen molar-refractivity contribution in [3.05, 3.63) is 42.2 Å². The fourth-order valence-corrected chi connectivity index (χ4v) is 1.69. The molecule has 0 atom stereocenters. The van der Waals surface area contributed by atoms with E-state index >= 15 is 0 Å². The number of hydrogen-bond donors (Lipinski definition) is 0. The first kappa shape index (κ1) is 8.94. The largest absolute Gasteiger partial charge is 0.335 e. The summed E-state index contributed by atoms with van der Waals surface area (Å²) in [7, 11) is 0. The average Bonchev–Trinajstić information content (AvgIpc) is 2.27. The second kappa shape index (κ2) is 3.62. The van der Waals surface area contributed by atoms with Gasteiger partial charge < -0.3 is 4.90 Å². The van der Waals surface area contributed by atoms with Gasteiger partial charge in [-0.25, -0.2) is 0 Å². The summed E-state index contributed by atoms with van der Waals surface area (Å²) in [6.07, 6.45) is 5.90. The third-order valence-corrected chi connectivity index (χ3v) is 2.50. The Hall–Kier alpha value is -1.64. The topological polar surface area (TPSA) is 33.2 Å². The van der Waals surface area contributed by atoms with Crippen LogP contribution < -0.4 is 0 Å². The van der Waals surface area contributed by atoms with Gasteiger partial charge in [0.05, 0.1) is 0 Å². The molecule has 14 heavy (non-hydrogen) atoms. The third-order valence-electron chi connectivity index (χ3n) is 2.50. The first-order chi connectivity index (χ1) is 6.81. The zero-order valence-electron chi connectivity index (χ0n) is 7.94. The molecule has 0 fully saturated rings. The summed E-state index contributed by atoms with van der Waals surface area (Å²) in [6, 6.07) is 1.97. The number of fused-ring (bicyclic) bond motifs is 1.